The molecule has 1 aliphatic carbocycles. The molecule has 1 aliphatic rings. The number of hydrogen-bond acceptors (Lipinski definition) is 0. The van der Waals surface area contributed by atoms with E-state index in [1.54, 1.807) is 5.57 Å². The third kappa shape index (κ3) is 5.25. The van der Waals surface area contributed by atoms with Crippen molar-refractivity contribution < 1.29 is 0 Å². The summed E-state index contributed by atoms with van der Waals surface area (Å²) in [5, 5.41) is 0. The summed E-state index contributed by atoms with van der Waals surface area (Å²) in [6, 6.07) is 10.9. The Morgan fingerprint density at radius 2 is 1.68 bits per heavy atom. The van der Waals surface area contributed by atoms with E-state index in [0.29, 0.717) is 0 Å². The summed E-state index contributed by atoms with van der Waals surface area (Å²) >= 11 is 0. The zero-order valence-corrected chi connectivity index (χ0v) is 15.0. The molecular weight excluding hydrogens is 283 g/mol. The molecule has 2 rings (SSSR count). The van der Waals surface area contributed by atoms with Gasteiger partial charge in [-0.2, -0.15) is 0 Å². The van der Waals surface area contributed by atoms with Crippen LogP contribution >= 0.6 is 7.92 Å². The van der Waals surface area contributed by atoms with Crippen LogP contribution in [0.15, 0.2) is 60.0 Å². The lowest BCUT2D eigenvalue weighted by Crippen LogP contribution is -1.95. The summed E-state index contributed by atoms with van der Waals surface area (Å²) in [7, 11) is 0.0510. The molecule has 0 heterocycles. The van der Waals surface area contributed by atoms with Crippen LogP contribution in [-0.2, 0) is 0 Å². The van der Waals surface area contributed by atoms with Gasteiger partial charge in [0, 0.05) is 0 Å². The summed E-state index contributed by atoms with van der Waals surface area (Å²) in [5.41, 5.74) is 4.34. The Labute approximate surface area is 137 Å². The van der Waals surface area contributed by atoms with Gasteiger partial charge in [-0.25, -0.2) is 0 Å². The van der Waals surface area contributed by atoms with Gasteiger partial charge in [0.25, 0.3) is 0 Å². The third-order valence-electron chi connectivity index (χ3n) is 4.10. The number of hydrogen-bond donors (Lipinski definition) is 0. The molecule has 0 aromatic heterocycles. The van der Waals surface area contributed by atoms with E-state index in [2.05, 4.69) is 68.2 Å². The fourth-order valence-electron chi connectivity index (χ4n) is 2.78. The molecule has 0 bridgehead atoms. The van der Waals surface area contributed by atoms with Crippen LogP contribution in [0.2, 0.25) is 0 Å². The van der Waals surface area contributed by atoms with Crippen molar-refractivity contribution in [3.63, 3.8) is 0 Å². The van der Waals surface area contributed by atoms with Crippen LogP contribution in [0.5, 0.6) is 0 Å². The molecule has 0 unspecified atom stereocenters. The van der Waals surface area contributed by atoms with Gasteiger partial charge in [-0.05, 0) is 48.3 Å². The monoisotopic (exact) mass is 312 g/mol. The lowest BCUT2D eigenvalue weighted by molar-refractivity contribution is 0.870. The van der Waals surface area contributed by atoms with Crippen molar-refractivity contribution >= 4 is 13.5 Å². The topological polar surface area (TPSA) is 0 Å². The molecule has 0 fully saturated rings. The number of benzene rings is 1. The lowest BCUT2D eigenvalue weighted by Gasteiger charge is -2.19. The summed E-state index contributed by atoms with van der Waals surface area (Å²) in [5.74, 6) is 2.64. The SMILES string of the molecule is CCCCP(C=C1CC=CC=C1c1ccccc1)CCCC. The van der Waals surface area contributed by atoms with E-state index in [-0.39, 0.29) is 7.92 Å². The Balaban J connectivity index is 2.18. The number of rotatable bonds is 8. The molecule has 0 nitrogen and oxygen atoms in total. The molecule has 1 aromatic carbocycles. The Morgan fingerprint density at radius 3 is 2.32 bits per heavy atom. The molecular formula is C21H29P. The highest BCUT2D eigenvalue weighted by molar-refractivity contribution is 7.60. The maximum atomic E-state index is 2.64. The van der Waals surface area contributed by atoms with Crippen molar-refractivity contribution in [2.24, 2.45) is 0 Å². The predicted molar refractivity (Wildman–Crippen MR) is 103 cm³/mol. The van der Waals surface area contributed by atoms with E-state index in [0.717, 1.165) is 6.42 Å². The first kappa shape index (κ1) is 17.2. The van der Waals surface area contributed by atoms with Crippen LogP contribution in [0.4, 0.5) is 0 Å². The van der Waals surface area contributed by atoms with Crippen LogP contribution in [0.3, 0.4) is 0 Å². The van der Waals surface area contributed by atoms with Gasteiger partial charge in [-0.15, -0.1) is 0 Å². The van der Waals surface area contributed by atoms with E-state index < -0.39 is 0 Å². The highest BCUT2D eigenvalue weighted by Crippen LogP contribution is 2.44. The van der Waals surface area contributed by atoms with Gasteiger partial charge in [-0.1, -0.05) is 89.0 Å². The van der Waals surface area contributed by atoms with Gasteiger partial charge >= 0.3 is 0 Å². The van der Waals surface area contributed by atoms with Crippen molar-refractivity contribution in [1.29, 1.82) is 0 Å². The van der Waals surface area contributed by atoms with Gasteiger partial charge in [0.2, 0.25) is 0 Å². The molecule has 0 radical (unpaired) electrons. The van der Waals surface area contributed by atoms with Gasteiger partial charge in [0.1, 0.15) is 0 Å². The molecule has 0 N–H and O–H groups in total. The predicted octanol–water partition coefficient (Wildman–Crippen LogP) is 7.00. The van der Waals surface area contributed by atoms with Crippen LogP contribution in [0, 0.1) is 0 Å². The largest absolute Gasteiger partial charge is 0.0829 e. The van der Waals surface area contributed by atoms with E-state index in [4.69, 9.17) is 0 Å². The highest BCUT2D eigenvalue weighted by atomic mass is 31.1. The van der Waals surface area contributed by atoms with Crippen LogP contribution in [-0.4, -0.2) is 12.3 Å². The first-order chi connectivity index (χ1) is 10.8. The summed E-state index contributed by atoms with van der Waals surface area (Å²) < 4.78 is 0. The molecule has 1 aromatic rings. The second-order valence-electron chi connectivity index (χ2n) is 5.98. The zero-order valence-electron chi connectivity index (χ0n) is 14.1. The summed E-state index contributed by atoms with van der Waals surface area (Å²) in [4.78, 5) is 0. The third-order valence-corrected chi connectivity index (χ3v) is 6.56. The molecule has 0 saturated carbocycles. The van der Waals surface area contributed by atoms with Crippen LogP contribution in [0.25, 0.3) is 5.57 Å². The smallest absolute Gasteiger partial charge is 0.00878 e. The minimum Gasteiger partial charge on any atom is -0.0829 e. The molecule has 0 amide bonds. The van der Waals surface area contributed by atoms with Crippen molar-refractivity contribution in [3.8, 4) is 0 Å². The van der Waals surface area contributed by atoms with Crippen molar-refractivity contribution in [2.75, 3.05) is 12.3 Å². The number of allylic oxidation sites excluding steroid dienone is 5. The molecule has 118 valence electrons. The Kier molecular flexibility index (Phi) is 7.67. The average molecular weight is 312 g/mol. The fraction of sp³-hybridized carbons (Fsp3) is 0.429. The minimum atomic E-state index is 0.0510. The Bertz CT molecular complexity index is 514. The summed E-state index contributed by atoms with van der Waals surface area (Å²) in [6.07, 6.45) is 16.1. The van der Waals surface area contributed by atoms with Gasteiger partial charge in [-0.3, -0.25) is 0 Å². The molecule has 1 heteroatoms. The maximum Gasteiger partial charge on any atom is -0.00878 e. The van der Waals surface area contributed by atoms with Crippen LogP contribution < -0.4 is 0 Å². The molecule has 22 heavy (non-hydrogen) atoms. The Hall–Kier alpha value is -1.13. The Morgan fingerprint density at radius 1 is 1.00 bits per heavy atom. The quantitative estimate of drug-likeness (QED) is 0.453. The number of unbranched alkanes of at least 4 members (excludes halogenated alkanes) is 2. The van der Waals surface area contributed by atoms with E-state index in [1.165, 1.54) is 49.1 Å². The first-order valence-corrected chi connectivity index (χ1v) is 10.5. The second kappa shape index (κ2) is 9.80. The van der Waals surface area contributed by atoms with Crippen LogP contribution in [0.1, 0.15) is 51.5 Å². The zero-order chi connectivity index (χ0) is 15.6. The van der Waals surface area contributed by atoms with E-state index in [1.807, 2.05) is 0 Å². The summed E-state index contributed by atoms with van der Waals surface area (Å²) in [6.45, 7) is 4.61. The first-order valence-electron chi connectivity index (χ1n) is 8.72. The average Bonchev–Trinajstić information content (AvgIpc) is 2.58. The van der Waals surface area contributed by atoms with Gasteiger partial charge < -0.3 is 0 Å². The second-order valence-corrected chi connectivity index (χ2v) is 8.31. The normalized spacial score (nSPS) is 16.3. The highest BCUT2D eigenvalue weighted by Gasteiger charge is 2.12. The maximum absolute atomic E-state index is 2.64. The molecule has 0 aliphatic heterocycles. The van der Waals surface area contributed by atoms with E-state index >= 15 is 0 Å². The van der Waals surface area contributed by atoms with Crippen molar-refractivity contribution in [1.82, 2.24) is 0 Å². The molecule has 0 atom stereocenters. The molecule has 0 saturated heterocycles. The van der Waals surface area contributed by atoms with Gasteiger partial charge in [0.15, 0.2) is 0 Å². The van der Waals surface area contributed by atoms with Crippen molar-refractivity contribution in [3.05, 3.63) is 65.5 Å². The molecule has 0 spiro atoms. The van der Waals surface area contributed by atoms with Crippen molar-refractivity contribution in [2.45, 2.75) is 46.0 Å². The standard InChI is InChI=1S/C21H29P/c1-3-5-16-22(17-6-4-2)18-20-14-10-11-15-21(20)19-12-8-7-9-13-19/h7-13,15,18H,3-6,14,16-17H2,1-2H3. The van der Waals surface area contributed by atoms with E-state index in [9.17, 15) is 0 Å². The van der Waals surface area contributed by atoms with Gasteiger partial charge in [0.05, 0.1) is 0 Å². The fourth-order valence-corrected chi connectivity index (χ4v) is 5.39. The minimum absolute atomic E-state index is 0.0510. The lowest BCUT2D eigenvalue weighted by atomic mass is 9.93.